The molecule has 0 aromatic heterocycles. The van der Waals surface area contributed by atoms with Crippen LogP contribution in [-0.2, 0) is 4.79 Å². The minimum absolute atomic E-state index is 0.0335. The van der Waals surface area contributed by atoms with E-state index in [1.165, 1.54) is 19.1 Å². The summed E-state index contributed by atoms with van der Waals surface area (Å²) >= 11 is 1.96. The van der Waals surface area contributed by atoms with E-state index in [4.69, 9.17) is 5.11 Å². The lowest BCUT2D eigenvalue weighted by Crippen LogP contribution is -2.47. The van der Waals surface area contributed by atoms with E-state index in [0.29, 0.717) is 0 Å². The van der Waals surface area contributed by atoms with Gasteiger partial charge in [0, 0.05) is 3.57 Å². The number of amides is 1. The first-order valence-electron chi connectivity index (χ1n) is 5.03. The van der Waals surface area contributed by atoms with Gasteiger partial charge in [0.1, 0.15) is 5.75 Å². The van der Waals surface area contributed by atoms with Gasteiger partial charge in [0.05, 0.1) is 11.7 Å². The van der Waals surface area contributed by atoms with Crippen LogP contribution in [0, 0.1) is 3.57 Å². The largest absolute Gasteiger partial charge is 0.507 e. The number of rotatable bonds is 4. The van der Waals surface area contributed by atoms with Crippen molar-refractivity contribution in [2.45, 2.75) is 19.1 Å². The van der Waals surface area contributed by atoms with Crippen LogP contribution in [0.3, 0.4) is 0 Å². The summed E-state index contributed by atoms with van der Waals surface area (Å²) in [5, 5.41) is 29.7. The number of carbonyl (C=O) groups is 2. The topological polar surface area (TPSA) is 107 Å². The van der Waals surface area contributed by atoms with Gasteiger partial charge in [-0.1, -0.05) is 0 Å². The molecule has 0 aliphatic rings. The Bertz CT molecular complexity index is 475. The molecule has 1 aromatic rings. The maximum absolute atomic E-state index is 11.8. The molecule has 0 aliphatic heterocycles. The molecule has 7 heteroatoms. The van der Waals surface area contributed by atoms with Gasteiger partial charge in [0.2, 0.25) is 0 Å². The number of aliphatic carboxylic acids is 1. The van der Waals surface area contributed by atoms with Gasteiger partial charge in [-0.05, 0) is 47.7 Å². The van der Waals surface area contributed by atoms with Crippen molar-refractivity contribution in [2.75, 3.05) is 0 Å². The Balaban J connectivity index is 2.94. The summed E-state index contributed by atoms with van der Waals surface area (Å²) in [4.78, 5) is 22.6. The number of carboxylic acids is 1. The Morgan fingerprint density at radius 1 is 1.39 bits per heavy atom. The fraction of sp³-hybridized carbons (Fsp3) is 0.273. The average Bonchev–Trinajstić information content (AvgIpc) is 2.28. The number of phenolic OH excluding ortho intramolecular Hbond substituents is 1. The second kappa shape index (κ2) is 6.01. The second-order valence-corrected chi connectivity index (χ2v) is 4.94. The van der Waals surface area contributed by atoms with Crippen LogP contribution >= 0.6 is 22.6 Å². The number of aromatic hydroxyl groups is 1. The fourth-order valence-corrected chi connectivity index (χ4v) is 1.79. The molecular formula is C11H12INO5. The zero-order chi connectivity index (χ0) is 13.9. The van der Waals surface area contributed by atoms with Gasteiger partial charge in [0.15, 0.2) is 6.04 Å². The van der Waals surface area contributed by atoms with E-state index in [-0.39, 0.29) is 11.3 Å². The maximum Gasteiger partial charge on any atom is 0.328 e. The van der Waals surface area contributed by atoms with E-state index < -0.39 is 24.0 Å². The van der Waals surface area contributed by atoms with Crippen LogP contribution in [-0.4, -0.2) is 39.3 Å². The molecule has 0 unspecified atom stereocenters. The third kappa shape index (κ3) is 3.57. The highest BCUT2D eigenvalue weighted by atomic mass is 127. The van der Waals surface area contributed by atoms with Crippen LogP contribution in [0.5, 0.6) is 5.75 Å². The summed E-state index contributed by atoms with van der Waals surface area (Å²) in [6.07, 6.45) is -1.24. The molecular weight excluding hydrogens is 353 g/mol. The first-order chi connectivity index (χ1) is 8.32. The standard InChI is InChI=1S/C11H12INO5/c1-5(14)9(11(17)18)13-10(16)7-4-6(12)2-3-8(7)15/h2-5,9,14-15H,1H3,(H,13,16)(H,17,18)/t5-,9+/m1/s1. The van der Waals surface area contributed by atoms with Crippen LogP contribution in [0.1, 0.15) is 17.3 Å². The van der Waals surface area contributed by atoms with Crippen molar-refractivity contribution in [2.24, 2.45) is 0 Å². The van der Waals surface area contributed by atoms with E-state index in [1.54, 1.807) is 6.07 Å². The first-order valence-corrected chi connectivity index (χ1v) is 6.11. The molecule has 1 rings (SSSR count). The van der Waals surface area contributed by atoms with Crippen LogP contribution in [0.15, 0.2) is 18.2 Å². The number of hydrogen-bond acceptors (Lipinski definition) is 4. The molecule has 0 saturated heterocycles. The van der Waals surface area contributed by atoms with Gasteiger partial charge in [-0.25, -0.2) is 4.79 Å². The first kappa shape index (κ1) is 14.7. The maximum atomic E-state index is 11.8. The highest BCUT2D eigenvalue weighted by Crippen LogP contribution is 2.19. The SMILES string of the molecule is C[C@@H](O)[C@H](NC(=O)c1cc(I)ccc1O)C(=O)O. The molecule has 0 aliphatic carbocycles. The van der Waals surface area contributed by atoms with Gasteiger partial charge in [-0.3, -0.25) is 4.79 Å². The van der Waals surface area contributed by atoms with Crippen molar-refractivity contribution >= 4 is 34.5 Å². The van der Waals surface area contributed by atoms with Crippen molar-refractivity contribution in [1.29, 1.82) is 0 Å². The Labute approximate surface area is 117 Å². The molecule has 2 atom stereocenters. The Morgan fingerprint density at radius 2 is 2.00 bits per heavy atom. The number of phenols is 1. The summed E-state index contributed by atoms with van der Waals surface area (Å²) in [6, 6.07) is 2.95. The van der Waals surface area contributed by atoms with Crippen molar-refractivity contribution in [3.63, 3.8) is 0 Å². The summed E-state index contributed by atoms with van der Waals surface area (Å²) in [7, 11) is 0. The lowest BCUT2D eigenvalue weighted by molar-refractivity contribution is -0.141. The van der Waals surface area contributed by atoms with Gasteiger partial charge in [-0.2, -0.15) is 0 Å². The van der Waals surface area contributed by atoms with Crippen LogP contribution in [0.2, 0.25) is 0 Å². The quantitative estimate of drug-likeness (QED) is 0.584. The Kier molecular flexibility index (Phi) is 4.91. The van der Waals surface area contributed by atoms with Gasteiger partial charge >= 0.3 is 5.97 Å². The monoisotopic (exact) mass is 365 g/mol. The molecule has 0 heterocycles. The third-order valence-corrected chi connectivity index (χ3v) is 2.91. The number of halogens is 1. The number of hydrogen-bond donors (Lipinski definition) is 4. The van der Waals surface area contributed by atoms with E-state index in [1.807, 2.05) is 22.6 Å². The Hall–Kier alpha value is -1.35. The predicted octanol–water partition coefficient (Wildman–Crippen LogP) is 0.561. The molecule has 0 fully saturated rings. The number of benzene rings is 1. The highest BCUT2D eigenvalue weighted by molar-refractivity contribution is 14.1. The number of nitrogens with one attached hydrogen (secondary N) is 1. The number of carboxylic acid groups (broad SMARTS) is 1. The number of aliphatic hydroxyl groups is 1. The summed E-state index contributed by atoms with van der Waals surface area (Å²) < 4.78 is 0.722. The van der Waals surface area contributed by atoms with E-state index in [0.717, 1.165) is 3.57 Å². The number of aliphatic hydroxyl groups excluding tert-OH is 1. The molecule has 98 valence electrons. The molecule has 4 N–H and O–H groups in total. The second-order valence-electron chi connectivity index (χ2n) is 3.69. The Morgan fingerprint density at radius 3 is 2.50 bits per heavy atom. The minimum Gasteiger partial charge on any atom is -0.507 e. The van der Waals surface area contributed by atoms with E-state index in [2.05, 4.69) is 5.32 Å². The molecule has 0 radical (unpaired) electrons. The van der Waals surface area contributed by atoms with Crippen LogP contribution in [0.4, 0.5) is 0 Å². The van der Waals surface area contributed by atoms with Gasteiger partial charge in [0.25, 0.3) is 5.91 Å². The molecule has 6 nitrogen and oxygen atoms in total. The molecule has 1 aromatic carbocycles. The minimum atomic E-state index is -1.42. The van der Waals surface area contributed by atoms with Crippen LogP contribution in [0.25, 0.3) is 0 Å². The number of carbonyl (C=O) groups excluding carboxylic acids is 1. The summed E-state index contributed by atoms with van der Waals surface area (Å²) in [5.74, 6) is -2.34. The highest BCUT2D eigenvalue weighted by Gasteiger charge is 2.26. The molecule has 1 amide bonds. The average molecular weight is 365 g/mol. The molecule has 18 heavy (non-hydrogen) atoms. The lowest BCUT2D eigenvalue weighted by atomic mass is 10.1. The van der Waals surface area contributed by atoms with E-state index >= 15 is 0 Å². The molecule has 0 bridgehead atoms. The lowest BCUT2D eigenvalue weighted by Gasteiger charge is -2.17. The molecule has 0 saturated carbocycles. The third-order valence-electron chi connectivity index (χ3n) is 2.24. The fourth-order valence-electron chi connectivity index (χ4n) is 1.30. The predicted molar refractivity (Wildman–Crippen MR) is 71.4 cm³/mol. The van der Waals surface area contributed by atoms with Crippen molar-refractivity contribution in [3.8, 4) is 5.75 Å². The van der Waals surface area contributed by atoms with Gasteiger partial charge in [-0.15, -0.1) is 0 Å². The zero-order valence-corrected chi connectivity index (χ0v) is 11.6. The van der Waals surface area contributed by atoms with Crippen LogP contribution < -0.4 is 5.32 Å². The summed E-state index contributed by atoms with van der Waals surface area (Å²) in [5.41, 5.74) is -0.0335. The summed E-state index contributed by atoms with van der Waals surface area (Å²) in [6.45, 7) is 1.26. The normalized spacial score (nSPS) is 13.7. The van der Waals surface area contributed by atoms with Crippen molar-refractivity contribution in [3.05, 3.63) is 27.3 Å². The van der Waals surface area contributed by atoms with Crippen molar-refractivity contribution < 1.29 is 24.9 Å². The van der Waals surface area contributed by atoms with Crippen molar-refractivity contribution in [1.82, 2.24) is 5.32 Å². The zero-order valence-electron chi connectivity index (χ0n) is 9.42. The molecule has 0 spiro atoms. The smallest absolute Gasteiger partial charge is 0.328 e. The van der Waals surface area contributed by atoms with Gasteiger partial charge < -0.3 is 20.6 Å². The van der Waals surface area contributed by atoms with E-state index in [9.17, 15) is 19.8 Å².